The van der Waals surface area contributed by atoms with Crippen LogP contribution in [0.3, 0.4) is 0 Å². The molecule has 0 bridgehead atoms. The highest BCUT2D eigenvalue weighted by Crippen LogP contribution is 2.21. The zero-order valence-corrected chi connectivity index (χ0v) is 6.73. The van der Waals surface area contributed by atoms with E-state index in [0.29, 0.717) is 15.2 Å². The third-order valence-corrected chi connectivity index (χ3v) is 2.37. The predicted octanol–water partition coefficient (Wildman–Crippen LogP) is 2.31. The summed E-state index contributed by atoms with van der Waals surface area (Å²) in [5.74, 6) is -0.296. The molecule has 0 saturated carbocycles. The van der Waals surface area contributed by atoms with Crippen molar-refractivity contribution in [3.05, 3.63) is 29.0 Å². The van der Waals surface area contributed by atoms with Crippen LogP contribution in [0.4, 0.5) is 4.39 Å². The number of fused-ring (bicyclic) bond motifs is 1. The summed E-state index contributed by atoms with van der Waals surface area (Å²) in [6.07, 6.45) is 0. The topological polar surface area (TPSA) is 36.7 Å². The Morgan fingerprint density at radius 1 is 1.50 bits per heavy atom. The van der Waals surface area contributed by atoms with Crippen molar-refractivity contribution in [2.24, 2.45) is 0 Å². The molecule has 2 nitrogen and oxygen atoms in total. The van der Waals surface area contributed by atoms with Gasteiger partial charge in [-0.1, -0.05) is 0 Å². The number of rotatable bonds is 0. The zero-order chi connectivity index (χ0) is 8.55. The standard InChI is InChI=1S/C8H3FN2S/c9-5-1-2-6-7(3-5)12-8(4-10)11-6/h1-3H. The number of thiazole rings is 1. The summed E-state index contributed by atoms with van der Waals surface area (Å²) in [5, 5.41) is 8.88. The maximum atomic E-state index is 12.6. The molecule has 1 aromatic carbocycles. The molecule has 0 amide bonds. The van der Waals surface area contributed by atoms with Crippen LogP contribution in [0, 0.1) is 17.1 Å². The van der Waals surface area contributed by atoms with E-state index in [4.69, 9.17) is 5.26 Å². The number of nitrogens with zero attached hydrogens (tertiary/aromatic N) is 2. The van der Waals surface area contributed by atoms with Gasteiger partial charge in [-0.2, -0.15) is 5.26 Å². The molecule has 0 saturated heterocycles. The van der Waals surface area contributed by atoms with E-state index in [9.17, 15) is 4.39 Å². The highest BCUT2D eigenvalue weighted by Gasteiger charge is 2.02. The first-order chi connectivity index (χ1) is 5.79. The molecule has 2 rings (SSSR count). The van der Waals surface area contributed by atoms with Crippen molar-refractivity contribution in [3.8, 4) is 6.07 Å². The van der Waals surface area contributed by atoms with Gasteiger partial charge in [-0.15, -0.1) is 11.3 Å². The molecular formula is C8H3FN2S. The Labute approximate surface area is 71.9 Å². The van der Waals surface area contributed by atoms with Crippen molar-refractivity contribution in [2.75, 3.05) is 0 Å². The van der Waals surface area contributed by atoms with E-state index in [-0.39, 0.29) is 5.82 Å². The first kappa shape index (κ1) is 7.19. The summed E-state index contributed by atoms with van der Waals surface area (Å²) >= 11 is 1.20. The van der Waals surface area contributed by atoms with Crippen LogP contribution >= 0.6 is 11.3 Å². The average molecular weight is 178 g/mol. The fourth-order valence-corrected chi connectivity index (χ4v) is 1.73. The van der Waals surface area contributed by atoms with Gasteiger partial charge in [0.1, 0.15) is 11.9 Å². The van der Waals surface area contributed by atoms with E-state index in [2.05, 4.69) is 4.98 Å². The van der Waals surface area contributed by atoms with Crippen LogP contribution in [0.5, 0.6) is 0 Å². The Hall–Kier alpha value is -1.47. The van der Waals surface area contributed by atoms with E-state index < -0.39 is 0 Å². The Balaban J connectivity index is 2.77. The largest absolute Gasteiger partial charge is 0.226 e. The maximum Gasteiger partial charge on any atom is 0.195 e. The van der Waals surface area contributed by atoms with Gasteiger partial charge in [-0.25, -0.2) is 9.37 Å². The quantitative estimate of drug-likeness (QED) is 0.620. The molecule has 2 aromatic rings. The lowest BCUT2D eigenvalue weighted by molar-refractivity contribution is 0.630. The summed E-state index contributed by atoms with van der Waals surface area (Å²) < 4.78 is 13.4. The third kappa shape index (κ3) is 1.04. The maximum absolute atomic E-state index is 12.6. The Bertz CT molecular complexity index is 469. The highest BCUT2D eigenvalue weighted by molar-refractivity contribution is 7.19. The van der Waals surface area contributed by atoms with Crippen LogP contribution in [-0.4, -0.2) is 4.98 Å². The molecule has 12 heavy (non-hydrogen) atoms. The molecule has 0 aliphatic heterocycles. The Morgan fingerprint density at radius 2 is 2.33 bits per heavy atom. The molecule has 0 atom stereocenters. The molecule has 0 N–H and O–H groups in total. The summed E-state index contributed by atoms with van der Waals surface area (Å²) in [5.41, 5.74) is 0.679. The van der Waals surface area contributed by atoms with Gasteiger partial charge in [-0.05, 0) is 18.2 Å². The molecule has 1 heterocycles. The van der Waals surface area contributed by atoms with Crippen LogP contribution in [0.15, 0.2) is 18.2 Å². The van der Waals surface area contributed by atoms with Crippen molar-refractivity contribution >= 4 is 21.6 Å². The van der Waals surface area contributed by atoms with Gasteiger partial charge in [0.25, 0.3) is 0 Å². The monoisotopic (exact) mass is 178 g/mol. The van der Waals surface area contributed by atoms with E-state index in [0.717, 1.165) is 0 Å². The Morgan fingerprint density at radius 3 is 3.08 bits per heavy atom. The first-order valence-electron chi connectivity index (χ1n) is 3.26. The van der Waals surface area contributed by atoms with Gasteiger partial charge < -0.3 is 0 Å². The van der Waals surface area contributed by atoms with Gasteiger partial charge >= 0.3 is 0 Å². The van der Waals surface area contributed by atoms with Gasteiger partial charge in [0.15, 0.2) is 5.01 Å². The molecule has 0 radical (unpaired) electrons. The van der Waals surface area contributed by atoms with E-state index in [1.165, 1.54) is 23.5 Å². The molecule has 0 aliphatic carbocycles. The van der Waals surface area contributed by atoms with Crippen LogP contribution < -0.4 is 0 Å². The van der Waals surface area contributed by atoms with Crippen molar-refractivity contribution in [3.63, 3.8) is 0 Å². The lowest BCUT2D eigenvalue weighted by Gasteiger charge is -1.85. The number of aromatic nitrogens is 1. The number of nitriles is 1. The van der Waals surface area contributed by atoms with Crippen molar-refractivity contribution < 1.29 is 4.39 Å². The lowest BCUT2D eigenvalue weighted by Crippen LogP contribution is -1.71. The Kier molecular flexibility index (Phi) is 1.52. The van der Waals surface area contributed by atoms with Crippen LogP contribution in [0.2, 0.25) is 0 Å². The van der Waals surface area contributed by atoms with Gasteiger partial charge in [0, 0.05) is 0 Å². The second kappa shape index (κ2) is 2.54. The molecule has 1 aromatic heterocycles. The summed E-state index contributed by atoms with van der Waals surface area (Å²) in [4.78, 5) is 3.96. The van der Waals surface area contributed by atoms with Crippen molar-refractivity contribution in [1.29, 1.82) is 5.26 Å². The molecule has 0 aliphatic rings. The van der Waals surface area contributed by atoms with Crippen LogP contribution in [0.1, 0.15) is 5.01 Å². The molecular weight excluding hydrogens is 175 g/mol. The molecule has 0 unspecified atom stereocenters. The SMILES string of the molecule is N#Cc1nc2ccc(F)cc2s1. The number of benzene rings is 1. The normalized spacial score (nSPS) is 10.0. The first-order valence-corrected chi connectivity index (χ1v) is 4.07. The summed E-state index contributed by atoms with van der Waals surface area (Å²) in [6, 6.07) is 6.21. The highest BCUT2D eigenvalue weighted by atomic mass is 32.1. The van der Waals surface area contributed by atoms with Crippen molar-refractivity contribution in [1.82, 2.24) is 4.98 Å². The van der Waals surface area contributed by atoms with E-state index in [1.54, 1.807) is 6.07 Å². The lowest BCUT2D eigenvalue weighted by atomic mass is 10.3. The zero-order valence-electron chi connectivity index (χ0n) is 5.91. The minimum atomic E-state index is -0.296. The third-order valence-electron chi connectivity index (χ3n) is 1.45. The second-order valence-corrected chi connectivity index (χ2v) is 3.27. The molecule has 0 fully saturated rings. The second-order valence-electron chi connectivity index (χ2n) is 2.24. The van der Waals surface area contributed by atoms with Crippen LogP contribution in [0.25, 0.3) is 10.2 Å². The minimum Gasteiger partial charge on any atom is -0.226 e. The van der Waals surface area contributed by atoms with E-state index >= 15 is 0 Å². The van der Waals surface area contributed by atoms with E-state index in [1.807, 2.05) is 6.07 Å². The van der Waals surface area contributed by atoms with Crippen LogP contribution in [-0.2, 0) is 0 Å². The molecule has 4 heteroatoms. The number of halogens is 1. The van der Waals surface area contributed by atoms with Gasteiger partial charge in [0.2, 0.25) is 0 Å². The predicted molar refractivity (Wildman–Crippen MR) is 44.3 cm³/mol. The number of hydrogen-bond donors (Lipinski definition) is 0. The summed E-state index contributed by atoms with van der Waals surface area (Å²) in [7, 11) is 0. The molecule has 58 valence electrons. The summed E-state index contributed by atoms with van der Waals surface area (Å²) in [6.45, 7) is 0. The smallest absolute Gasteiger partial charge is 0.195 e. The van der Waals surface area contributed by atoms with Gasteiger partial charge in [0.05, 0.1) is 10.2 Å². The van der Waals surface area contributed by atoms with Crippen molar-refractivity contribution in [2.45, 2.75) is 0 Å². The molecule has 0 spiro atoms. The van der Waals surface area contributed by atoms with Gasteiger partial charge in [-0.3, -0.25) is 0 Å². The fraction of sp³-hybridized carbons (Fsp3) is 0. The minimum absolute atomic E-state index is 0.296. The number of hydrogen-bond acceptors (Lipinski definition) is 3. The average Bonchev–Trinajstić information content (AvgIpc) is 2.46. The fourth-order valence-electron chi connectivity index (χ4n) is 0.946.